The van der Waals surface area contributed by atoms with Crippen molar-refractivity contribution in [1.82, 2.24) is 10.3 Å². The van der Waals surface area contributed by atoms with E-state index in [1.165, 1.54) is 26.5 Å². The van der Waals surface area contributed by atoms with Crippen LogP contribution in [0.2, 0.25) is 0 Å². The Kier molecular flexibility index (Phi) is 6.06. The lowest BCUT2D eigenvalue weighted by molar-refractivity contribution is 0.0521. The maximum atomic E-state index is 11.8. The van der Waals surface area contributed by atoms with Gasteiger partial charge in [0, 0.05) is 6.20 Å². The number of nitrogens with zero attached hydrogens (tertiary/aromatic N) is 1. The monoisotopic (exact) mass is 324 g/mol. The van der Waals surface area contributed by atoms with Gasteiger partial charge in [-0.1, -0.05) is 0 Å². The molecule has 126 valence electrons. The number of methoxy groups -OCH3 is 2. The molecule has 1 aromatic rings. The van der Waals surface area contributed by atoms with Gasteiger partial charge in [-0.15, -0.1) is 0 Å². The van der Waals surface area contributed by atoms with Crippen LogP contribution in [0, 0.1) is 0 Å². The molecule has 1 amide bonds. The van der Waals surface area contributed by atoms with E-state index in [4.69, 9.17) is 4.74 Å². The van der Waals surface area contributed by atoms with Crippen molar-refractivity contribution in [3.8, 4) is 0 Å². The lowest BCUT2D eigenvalue weighted by atomic mass is 10.1. The Labute approximate surface area is 134 Å². The second kappa shape index (κ2) is 7.57. The van der Waals surface area contributed by atoms with Crippen LogP contribution in [0.4, 0.5) is 4.79 Å². The number of esters is 2. The van der Waals surface area contributed by atoms with Gasteiger partial charge in [-0.05, 0) is 26.8 Å². The predicted molar refractivity (Wildman–Crippen MR) is 80.0 cm³/mol. The van der Waals surface area contributed by atoms with Crippen molar-refractivity contribution in [3.05, 3.63) is 29.1 Å². The number of nitrogens with one attached hydrogen (secondary N) is 1. The van der Waals surface area contributed by atoms with Gasteiger partial charge in [0.15, 0.2) is 0 Å². The molecular weight excluding hydrogens is 304 g/mol. The predicted octanol–water partition coefficient (Wildman–Crippen LogP) is 1.68. The fraction of sp³-hybridized carbons (Fsp3) is 0.467. The lowest BCUT2D eigenvalue weighted by Gasteiger charge is -2.19. The van der Waals surface area contributed by atoms with E-state index in [-0.39, 0.29) is 17.7 Å². The van der Waals surface area contributed by atoms with Crippen molar-refractivity contribution in [2.45, 2.75) is 32.9 Å². The van der Waals surface area contributed by atoms with Crippen molar-refractivity contribution < 1.29 is 28.6 Å². The molecule has 8 nitrogen and oxygen atoms in total. The van der Waals surface area contributed by atoms with Crippen LogP contribution in [0.1, 0.15) is 47.2 Å². The number of ether oxygens (including phenoxy) is 3. The van der Waals surface area contributed by atoms with E-state index in [2.05, 4.69) is 19.8 Å². The fourth-order valence-corrected chi connectivity index (χ4v) is 1.62. The first-order valence-corrected chi connectivity index (χ1v) is 6.80. The Morgan fingerprint density at radius 1 is 1.09 bits per heavy atom. The summed E-state index contributed by atoms with van der Waals surface area (Å²) in [6.45, 7) is 5.25. The minimum atomic E-state index is -0.704. The van der Waals surface area contributed by atoms with Crippen molar-refractivity contribution in [1.29, 1.82) is 0 Å². The Morgan fingerprint density at radius 3 is 2.17 bits per heavy atom. The average Bonchev–Trinajstić information content (AvgIpc) is 2.49. The normalized spacial score (nSPS) is 10.7. The van der Waals surface area contributed by atoms with E-state index >= 15 is 0 Å². The molecule has 0 radical (unpaired) electrons. The fourth-order valence-electron chi connectivity index (χ4n) is 1.62. The Morgan fingerprint density at radius 2 is 1.65 bits per heavy atom. The first kappa shape index (κ1) is 18.4. The second-order valence-electron chi connectivity index (χ2n) is 5.56. The molecule has 0 aliphatic carbocycles. The summed E-state index contributed by atoms with van der Waals surface area (Å²) in [6.07, 6.45) is 0.584. The van der Waals surface area contributed by atoms with E-state index in [0.717, 1.165) is 0 Å². The van der Waals surface area contributed by atoms with Crippen LogP contribution in [0.25, 0.3) is 0 Å². The Hall–Kier alpha value is -2.64. The maximum Gasteiger partial charge on any atom is 0.407 e. The molecule has 0 spiro atoms. The molecule has 1 aromatic heterocycles. The number of aromatic nitrogens is 1. The van der Waals surface area contributed by atoms with Gasteiger partial charge >= 0.3 is 18.0 Å². The van der Waals surface area contributed by atoms with E-state index in [0.29, 0.717) is 5.69 Å². The summed E-state index contributed by atoms with van der Waals surface area (Å²) in [5, 5.41) is 2.51. The largest absolute Gasteiger partial charge is 0.465 e. The second-order valence-corrected chi connectivity index (χ2v) is 5.56. The molecule has 0 bridgehead atoms. The number of amides is 1. The van der Waals surface area contributed by atoms with Crippen molar-refractivity contribution in [2.75, 3.05) is 14.2 Å². The average molecular weight is 324 g/mol. The summed E-state index contributed by atoms with van der Waals surface area (Å²) in [4.78, 5) is 39.0. The van der Waals surface area contributed by atoms with Crippen LogP contribution in [0.5, 0.6) is 0 Å². The number of carbonyl (C=O) groups is 3. The highest BCUT2D eigenvalue weighted by Crippen LogP contribution is 2.13. The van der Waals surface area contributed by atoms with Crippen LogP contribution in [0.3, 0.4) is 0 Å². The molecule has 0 unspecified atom stereocenters. The third-order valence-corrected chi connectivity index (χ3v) is 2.58. The number of carbonyl (C=O) groups excluding carboxylic acids is 3. The lowest BCUT2D eigenvalue weighted by Crippen LogP contribution is -2.32. The maximum absolute atomic E-state index is 11.8. The van der Waals surface area contributed by atoms with E-state index < -0.39 is 23.6 Å². The molecule has 0 aliphatic heterocycles. The van der Waals surface area contributed by atoms with Crippen molar-refractivity contribution in [2.24, 2.45) is 0 Å². The number of hydrogen-bond acceptors (Lipinski definition) is 7. The number of hydrogen-bond donors (Lipinski definition) is 1. The van der Waals surface area contributed by atoms with E-state index in [1.54, 1.807) is 20.8 Å². The third kappa shape index (κ3) is 5.57. The molecule has 0 atom stereocenters. The van der Waals surface area contributed by atoms with Gasteiger partial charge in [-0.2, -0.15) is 0 Å². The highest BCUT2D eigenvalue weighted by atomic mass is 16.6. The molecule has 0 aliphatic rings. The first-order chi connectivity index (χ1) is 10.7. The zero-order valence-corrected chi connectivity index (χ0v) is 13.8. The number of alkyl carbamates (subject to hydrolysis) is 1. The van der Waals surface area contributed by atoms with Gasteiger partial charge in [0.05, 0.1) is 37.6 Å². The molecule has 0 saturated heterocycles. The molecule has 0 fully saturated rings. The molecule has 1 rings (SSSR count). The topological polar surface area (TPSA) is 104 Å². The molecule has 1 heterocycles. The summed E-state index contributed by atoms with van der Waals surface area (Å²) in [5.74, 6) is -1.41. The molecule has 23 heavy (non-hydrogen) atoms. The molecule has 8 heteroatoms. The molecule has 0 saturated carbocycles. The van der Waals surface area contributed by atoms with Gasteiger partial charge in [0.1, 0.15) is 5.60 Å². The first-order valence-electron chi connectivity index (χ1n) is 6.80. The highest BCUT2D eigenvalue weighted by molar-refractivity contribution is 6.02. The standard InChI is InChI=1S/C15H20N2O6/c1-15(2,3)23-14(20)17-7-9-6-10(12(18)21-4)11(8-16-9)13(19)22-5/h6,8H,7H2,1-5H3,(H,17,20). The Balaban J connectivity index is 2.91. The van der Waals surface area contributed by atoms with Gasteiger partial charge in [-0.3, -0.25) is 4.98 Å². The zero-order valence-electron chi connectivity index (χ0n) is 13.8. The van der Waals surface area contributed by atoms with Gasteiger partial charge < -0.3 is 19.5 Å². The number of rotatable bonds is 4. The van der Waals surface area contributed by atoms with Crippen LogP contribution < -0.4 is 5.32 Å². The SMILES string of the molecule is COC(=O)c1cnc(CNC(=O)OC(C)(C)C)cc1C(=O)OC. The van der Waals surface area contributed by atoms with Gasteiger partial charge in [0.2, 0.25) is 0 Å². The minimum Gasteiger partial charge on any atom is -0.465 e. The minimum absolute atomic E-state index is 0.00957. The van der Waals surface area contributed by atoms with Crippen LogP contribution in [0.15, 0.2) is 12.3 Å². The summed E-state index contributed by atoms with van der Waals surface area (Å²) in [7, 11) is 2.39. The smallest absolute Gasteiger partial charge is 0.407 e. The third-order valence-electron chi connectivity index (χ3n) is 2.58. The molecular formula is C15H20N2O6. The summed E-state index contributed by atoms with van der Waals surface area (Å²) in [5.41, 5.74) is -0.261. The van der Waals surface area contributed by atoms with Crippen molar-refractivity contribution >= 4 is 18.0 Å². The van der Waals surface area contributed by atoms with Gasteiger partial charge in [0.25, 0.3) is 0 Å². The molecule has 0 aromatic carbocycles. The number of pyridine rings is 1. The van der Waals surface area contributed by atoms with Crippen LogP contribution in [-0.2, 0) is 20.8 Å². The van der Waals surface area contributed by atoms with E-state index in [1.807, 2.05) is 0 Å². The highest BCUT2D eigenvalue weighted by Gasteiger charge is 2.20. The zero-order chi connectivity index (χ0) is 17.6. The quantitative estimate of drug-likeness (QED) is 0.663. The van der Waals surface area contributed by atoms with Crippen molar-refractivity contribution in [3.63, 3.8) is 0 Å². The molecule has 1 N–H and O–H groups in total. The van der Waals surface area contributed by atoms with E-state index in [9.17, 15) is 14.4 Å². The van der Waals surface area contributed by atoms with Crippen LogP contribution in [-0.4, -0.2) is 42.8 Å². The Bertz CT molecular complexity index is 606. The summed E-state index contributed by atoms with van der Waals surface area (Å²) < 4.78 is 14.3. The van der Waals surface area contributed by atoms with Crippen LogP contribution >= 0.6 is 0 Å². The summed E-state index contributed by atoms with van der Waals surface area (Å²) in [6, 6.07) is 1.36. The van der Waals surface area contributed by atoms with Gasteiger partial charge in [-0.25, -0.2) is 14.4 Å². The summed E-state index contributed by atoms with van der Waals surface area (Å²) >= 11 is 0.